The van der Waals surface area contributed by atoms with Crippen molar-refractivity contribution in [3.8, 4) is 5.75 Å². The second-order valence-electron chi connectivity index (χ2n) is 3.97. The molecule has 3 N–H and O–H groups in total. The Kier molecular flexibility index (Phi) is 3.97. The molecule has 0 aliphatic heterocycles. The molecule has 0 saturated heterocycles. The van der Waals surface area contributed by atoms with E-state index in [2.05, 4.69) is 19.8 Å². The maximum Gasteiger partial charge on any atom is 0.248 e. The molecule has 1 heterocycles. The number of hydrogen-bond donors (Lipinski definition) is 3. The van der Waals surface area contributed by atoms with Gasteiger partial charge in [-0.25, -0.2) is 0 Å². The molecule has 0 spiro atoms. The fourth-order valence-electron chi connectivity index (χ4n) is 1.96. The zero-order valence-corrected chi connectivity index (χ0v) is 11.1. The Morgan fingerprint density at radius 1 is 1.44 bits per heavy atom. The van der Waals surface area contributed by atoms with Crippen molar-refractivity contribution < 1.29 is 9.63 Å². The molecule has 1 unspecified atom stereocenters. The van der Waals surface area contributed by atoms with Gasteiger partial charge in [0.15, 0.2) is 0 Å². The second-order valence-corrected chi connectivity index (χ2v) is 4.24. The number of rotatable bonds is 4. The van der Waals surface area contributed by atoms with Crippen LogP contribution in [0, 0.1) is 0 Å². The number of benzene rings is 1. The molecule has 0 fully saturated rings. The molecule has 5 nitrogen and oxygen atoms in total. The maximum atomic E-state index is 11.3. The minimum atomic E-state index is -0.244. The number of phenolic OH excluding ortho intramolecular Hbond substituents is 1. The quantitative estimate of drug-likeness (QED) is 0.729. The predicted octanol–water partition coefficient (Wildman–Crippen LogP) is 1.30. The fourth-order valence-corrected chi connectivity index (χ4v) is 2.20. The van der Waals surface area contributed by atoms with E-state index in [0.29, 0.717) is 12.1 Å². The van der Waals surface area contributed by atoms with Crippen LogP contribution in [-0.4, -0.2) is 23.7 Å². The van der Waals surface area contributed by atoms with E-state index < -0.39 is 0 Å². The van der Waals surface area contributed by atoms with Gasteiger partial charge in [0.05, 0.1) is 11.6 Å². The zero-order valence-electron chi connectivity index (χ0n) is 9.93. The Morgan fingerprint density at radius 2 is 2.22 bits per heavy atom. The number of aromatic nitrogens is 1. The lowest BCUT2D eigenvalue weighted by Crippen LogP contribution is -2.18. The van der Waals surface area contributed by atoms with Gasteiger partial charge in [0.25, 0.3) is 0 Å². The van der Waals surface area contributed by atoms with Crippen LogP contribution in [0.4, 0.5) is 0 Å². The third-order valence-corrected chi connectivity index (χ3v) is 3.14. The first-order valence-corrected chi connectivity index (χ1v) is 5.99. The van der Waals surface area contributed by atoms with Crippen LogP contribution in [-0.2, 0) is 4.52 Å². The second kappa shape index (κ2) is 5.48. The highest BCUT2D eigenvalue weighted by molar-refractivity contribution is 7.09. The minimum Gasteiger partial charge on any atom is -0.506 e. The van der Waals surface area contributed by atoms with Crippen LogP contribution in [0.15, 0.2) is 29.1 Å². The molecular weight excluding hydrogens is 251 g/mol. The highest BCUT2D eigenvalue weighted by atomic mass is 31.0. The Bertz CT molecular complexity index is 612. The fraction of sp³-hybridized carbons (Fsp3) is 0.250. The number of fused-ring (bicyclic) bond motifs is 1. The molecule has 6 heteroatoms. The van der Waals surface area contributed by atoms with E-state index in [1.54, 1.807) is 18.2 Å². The molecule has 0 aliphatic carbocycles. The van der Waals surface area contributed by atoms with Gasteiger partial charge in [0, 0.05) is 27.5 Å². The summed E-state index contributed by atoms with van der Waals surface area (Å²) in [5.41, 5.74) is 1.10. The van der Waals surface area contributed by atoms with E-state index in [0.717, 1.165) is 10.9 Å². The summed E-state index contributed by atoms with van der Waals surface area (Å²) in [5, 5.41) is 13.6. The van der Waals surface area contributed by atoms with Gasteiger partial charge in [0.2, 0.25) is 5.56 Å². The summed E-state index contributed by atoms with van der Waals surface area (Å²) < 4.78 is 5.34. The van der Waals surface area contributed by atoms with Crippen molar-refractivity contribution in [3.05, 3.63) is 40.2 Å². The summed E-state index contributed by atoms with van der Waals surface area (Å²) in [7, 11) is 4.07. The molecule has 0 amide bonds. The molecule has 2 atom stereocenters. The maximum absolute atomic E-state index is 11.3. The van der Waals surface area contributed by atoms with E-state index >= 15 is 0 Å². The summed E-state index contributed by atoms with van der Waals surface area (Å²) in [4.78, 5) is 13.9. The van der Waals surface area contributed by atoms with Crippen molar-refractivity contribution in [2.45, 2.75) is 6.10 Å². The summed E-state index contributed by atoms with van der Waals surface area (Å²) in [6, 6.07) is 6.47. The first-order valence-electron chi connectivity index (χ1n) is 5.52. The van der Waals surface area contributed by atoms with Gasteiger partial charge in [-0.05, 0) is 24.7 Å². The Morgan fingerprint density at radius 3 is 2.89 bits per heavy atom. The van der Waals surface area contributed by atoms with Crippen LogP contribution in [0.25, 0.3) is 10.9 Å². The molecule has 1 aromatic carbocycles. The zero-order chi connectivity index (χ0) is 13.1. The first-order chi connectivity index (χ1) is 8.67. The van der Waals surface area contributed by atoms with Crippen LogP contribution < -0.4 is 10.9 Å². The number of likely N-dealkylation sites (N-methyl/N-ethyl adjacent to an activating group) is 1. The number of aromatic amines is 1. The molecule has 0 radical (unpaired) electrons. The number of nitrogens with one attached hydrogen (secondary N) is 2. The number of hydrogen-bond acceptors (Lipinski definition) is 4. The highest BCUT2D eigenvalue weighted by Crippen LogP contribution is 2.30. The first kappa shape index (κ1) is 13.0. The van der Waals surface area contributed by atoms with Crippen molar-refractivity contribution in [1.29, 1.82) is 0 Å². The van der Waals surface area contributed by atoms with Gasteiger partial charge in [-0.15, -0.1) is 0 Å². The Labute approximate surface area is 106 Å². The molecule has 0 aliphatic rings. The average Bonchev–Trinajstić information content (AvgIpc) is 2.37. The number of phenols is 1. The SMILES string of the molecule is CNC[C@H](OP)c1ccc(O)c2[nH]c(=O)ccc12. The molecular formula is C12H15N2O3P. The van der Waals surface area contributed by atoms with Gasteiger partial charge in [-0.3, -0.25) is 4.79 Å². The Balaban J connectivity index is 2.65. The summed E-state index contributed by atoms with van der Waals surface area (Å²) in [6.45, 7) is 0.627. The molecule has 2 rings (SSSR count). The van der Waals surface area contributed by atoms with Gasteiger partial charge >= 0.3 is 0 Å². The van der Waals surface area contributed by atoms with E-state index in [1.165, 1.54) is 6.07 Å². The van der Waals surface area contributed by atoms with Gasteiger partial charge < -0.3 is 19.9 Å². The van der Waals surface area contributed by atoms with Crippen LogP contribution in [0.3, 0.4) is 0 Å². The average molecular weight is 266 g/mol. The van der Waals surface area contributed by atoms with Crippen LogP contribution in [0.2, 0.25) is 0 Å². The predicted molar refractivity (Wildman–Crippen MR) is 73.7 cm³/mol. The Hall–Kier alpha value is -1.42. The summed E-state index contributed by atoms with van der Waals surface area (Å²) in [5.74, 6) is 0.0541. The third-order valence-electron chi connectivity index (χ3n) is 2.81. The minimum absolute atomic E-state index is 0.0541. The van der Waals surface area contributed by atoms with E-state index in [9.17, 15) is 9.90 Å². The monoisotopic (exact) mass is 266 g/mol. The van der Waals surface area contributed by atoms with E-state index in [-0.39, 0.29) is 17.4 Å². The molecule has 96 valence electrons. The molecule has 0 saturated carbocycles. The van der Waals surface area contributed by atoms with Crippen LogP contribution in [0.1, 0.15) is 11.7 Å². The lowest BCUT2D eigenvalue weighted by atomic mass is 10.0. The van der Waals surface area contributed by atoms with Crippen molar-refractivity contribution in [2.75, 3.05) is 13.6 Å². The molecule has 2 aromatic rings. The standard InChI is InChI=1S/C12H15N2O3P/c1-13-6-10(17-18)7-2-4-9(15)12-8(7)3-5-11(16)14-12/h2-5,10,13,15H,6,18H2,1H3,(H,14,16)/t10-/m0/s1. The smallest absolute Gasteiger partial charge is 0.248 e. The van der Waals surface area contributed by atoms with E-state index in [1.807, 2.05) is 7.05 Å². The van der Waals surface area contributed by atoms with Gasteiger partial charge in [0.1, 0.15) is 5.75 Å². The van der Waals surface area contributed by atoms with Crippen molar-refractivity contribution >= 4 is 20.4 Å². The van der Waals surface area contributed by atoms with Gasteiger partial charge in [-0.2, -0.15) is 0 Å². The van der Waals surface area contributed by atoms with Crippen molar-refractivity contribution in [2.24, 2.45) is 0 Å². The third kappa shape index (κ3) is 2.38. The van der Waals surface area contributed by atoms with Crippen molar-refractivity contribution in [3.63, 3.8) is 0 Å². The number of aromatic hydroxyl groups is 1. The van der Waals surface area contributed by atoms with Crippen LogP contribution in [0.5, 0.6) is 5.75 Å². The lowest BCUT2D eigenvalue weighted by molar-refractivity contribution is 0.245. The summed E-state index contributed by atoms with van der Waals surface area (Å²) in [6.07, 6.45) is -0.172. The van der Waals surface area contributed by atoms with Gasteiger partial charge in [-0.1, -0.05) is 6.07 Å². The largest absolute Gasteiger partial charge is 0.506 e. The lowest BCUT2D eigenvalue weighted by Gasteiger charge is -2.17. The molecule has 1 aromatic heterocycles. The van der Waals surface area contributed by atoms with Crippen molar-refractivity contribution in [1.82, 2.24) is 10.3 Å². The number of H-pyrrole nitrogens is 1. The highest BCUT2D eigenvalue weighted by Gasteiger charge is 2.15. The van der Waals surface area contributed by atoms with Crippen LogP contribution >= 0.6 is 9.47 Å². The normalized spacial score (nSPS) is 12.8. The van der Waals surface area contributed by atoms with E-state index in [4.69, 9.17) is 4.52 Å². The number of pyridine rings is 1. The molecule has 18 heavy (non-hydrogen) atoms. The topological polar surface area (TPSA) is 74.3 Å². The molecule has 0 bridgehead atoms. The summed E-state index contributed by atoms with van der Waals surface area (Å²) >= 11 is 0.